The van der Waals surface area contributed by atoms with Gasteiger partial charge in [0.15, 0.2) is 0 Å². The molecule has 0 unspecified atom stereocenters. The van der Waals surface area contributed by atoms with Crippen molar-refractivity contribution in [3.63, 3.8) is 0 Å². The minimum Gasteiger partial charge on any atom is -0.406 e. The third kappa shape index (κ3) is 4.58. The minimum absolute atomic E-state index is 0.196. The van der Waals surface area contributed by atoms with Gasteiger partial charge in [-0.2, -0.15) is 0 Å². The van der Waals surface area contributed by atoms with Gasteiger partial charge < -0.3 is 15.0 Å². The average molecular weight is 338 g/mol. The fourth-order valence-electron chi connectivity index (χ4n) is 2.72. The van der Waals surface area contributed by atoms with Crippen LogP contribution in [0.1, 0.15) is 12.0 Å². The van der Waals surface area contributed by atoms with E-state index in [-0.39, 0.29) is 11.8 Å². The molecule has 8 heteroatoms. The summed E-state index contributed by atoms with van der Waals surface area (Å²) in [5, 5.41) is 3.42. The van der Waals surface area contributed by atoms with Crippen molar-refractivity contribution in [2.24, 2.45) is 0 Å². The Morgan fingerprint density at radius 1 is 1.25 bits per heavy atom. The highest BCUT2D eigenvalue weighted by atomic mass is 19.4. The van der Waals surface area contributed by atoms with Crippen LogP contribution in [0.5, 0.6) is 5.75 Å². The molecular formula is C16H17F3N4O. The van der Waals surface area contributed by atoms with Crippen LogP contribution in [0.3, 0.4) is 0 Å². The van der Waals surface area contributed by atoms with E-state index in [1.165, 1.54) is 18.5 Å². The first-order valence-electron chi connectivity index (χ1n) is 7.58. The van der Waals surface area contributed by atoms with Crippen LogP contribution in [-0.4, -0.2) is 35.5 Å². The van der Waals surface area contributed by atoms with Gasteiger partial charge in [-0.15, -0.1) is 13.2 Å². The molecule has 0 radical (unpaired) electrons. The number of ether oxygens (including phenoxy) is 1. The molecule has 1 aromatic carbocycles. The van der Waals surface area contributed by atoms with Crippen molar-refractivity contribution in [2.45, 2.75) is 25.4 Å². The Balaban J connectivity index is 1.56. The van der Waals surface area contributed by atoms with E-state index < -0.39 is 6.36 Å². The number of anilines is 1. The number of nitrogens with zero attached hydrogens (tertiary/aromatic N) is 3. The van der Waals surface area contributed by atoms with E-state index in [1.54, 1.807) is 24.5 Å². The molecule has 3 rings (SSSR count). The van der Waals surface area contributed by atoms with E-state index in [1.807, 2.05) is 4.90 Å². The average Bonchev–Trinajstić information content (AvgIpc) is 3.02. The first-order valence-corrected chi connectivity index (χ1v) is 7.58. The van der Waals surface area contributed by atoms with E-state index >= 15 is 0 Å². The molecule has 1 atom stereocenters. The van der Waals surface area contributed by atoms with Gasteiger partial charge in [0.2, 0.25) is 0 Å². The molecule has 0 bridgehead atoms. The van der Waals surface area contributed by atoms with Gasteiger partial charge in [-0.1, -0.05) is 6.07 Å². The Morgan fingerprint density at radius 3 is 2.79 bits per heavy atom. The van der Waals surface area contributed by atoms with Crippen molar-refractivity contribution in [1.29, 1.82) is 0 Å². The van der Waals surface area contributed by atoms with E-state index in [0.717, 1.165) is 30.8 Å². The number of hydrogen-bond donors (Lipinski definition) is 1. The molecule has 1 fully saturated rings. The normalized spacial score (nSPS) is 18.0. The van der Waals surface area contributed by atoms with Gasteiger partial charge >= 0.3 is 6.36 Å². The van der Waals surface area contributed by atoms with E-state index in [2.05, 4.69) is 20.0 Å². The molecule has 1 saturated heterocycles. The zero-order chi connectivity index (χ0) is 17.0. The summed E-state index contributed by atoms with van der Waals surface area (Å²) < 4.78 is 40.9. The quantitative estimate of drug-likeness (QED) is 0.908. The molecule has 1 aliphatic heterocycles. The molecule has 1 aliphatic rings. The van der Waals surface area contributed by atoms with E-state index in [4.69, 9.17) is 0 Å². The van der Waals surface area contributed by atoms with Crippen LogP contribution >= 0.6 is 0 Å². The van der Waals surface area contributed by atoms with Gasteiger partial charge in [-0.25, -0.2) is 9.97 Å². The topological polar surface area (TPSA) is 50.3 Å². The van der Waals surface area contributed by atoms with Gasteiger partial charge in [0.1, 0.15) is 12.1 Å². The summed E-state index contributed by atoms with van der Waals surface area (Å²) in [6.07, 6.45) is 1.23. The summed E-state index contributed by atoms with van der Waals surface area (Å²) in [7, 11) is 0. The zero-order valence-electron chi connectivity index (χ0n) is 12.8. The lowest BCUT2D eigenvalue weighted by atomic mass is 10.2. The Hall–Kier alpha value is -2.35. The summed E-state index contributed by atoms with van der Waals surface area (Å²) in [4.78, 5) is 9.97. The van der Waals surface area contributed by atoms with Crippen LogP contribution in [0.2, 0.25) is 0 Å². The number of benzene rings is 1. The Morgan fingerprint density at radius 2 is 2.04 bits per heavy atom. The van der Waals surface area contributed by atoms with Crippen molar-refractivity contribution < 1.29 is 17.9 Å². The van der Waals surface area contributed by atoms with Crippen LogP contribution in [-0.2, 0) is 6.54 Å². The summed E-state index contributed by atoms with van der Waals surface area (Å²) in [5.74, 6) is -0.196. The van der Waals surface area contributed by atoms with Gasteiger partial charge in [0, 0.05) is 55.4 Å². The first-order chi connectivity index (χ1) is 11.5. The van der Waals surface area contributed by atoms with Crippen molar-refractivity contribution in [1.82, 2.24) is 15.3 Å². The Kier molecular flexibility index (Phi) is 4.84. The van der Waals surface area contributed by atoms with Gasteiger partial charge in [-0.3, -0.25) is 0 Å². The summed E-state index contributed by atoms with van der Waals surface area (Å²) >= 11 is 0. The fourth-order valence-corrected chi connectivity index (χ4v) is 2.72. The molecule has 2 heterocycles. The molecule has 5 nitrogen and oxygen atoms in total. The fraction of sp³-hybridized carbons (Fsp3) is 0.375. The van der Waals surface area contributed by atoms with Crippen LogP contribution in [0.25, 0.3) is 0 Å². The van der Waals surface area contributed by atoms with Crippen molar-refractivity contribution >= 4 is 5.69 Å². The lowest BCUT2D eigenvalue weighted by Crippen LogP contribution is -2.32. The summed E-state index contributed by atoms with van der Waals surface area (Å²) in [6.45, 7) is 2.16. The standard InChI is InChI=1S/C16H17F3N4O/c17-16(18,19)24-15-3-1-2-14(6-15)23-5-4-13(10-23)22-9-12-7-20-11-21-8-12/h1-3,6-8,11,13,22H,4-5,9-10H2/t13-/m1/s1. The number of rotatable bonds is 5. The van der Waals surface area contributed by atoms with Crippen molar-refractivity contribution in [3.8, 4) is 5.75 Å². The SMILES string of the molecule is FC(F)(F)Oc1cccc(N2CC[C@@H](NCc3cncnc3)C2)c1. The smallest absolute Gasteiger partial charge is 0.406 e. The molecule has 2 aromatic rings. The summed E-state index contributed by atoms with van der Waals surface area (Å²) in [5.41, 5.74) is 1.72. The van der Waals surface area contributed by atoms with E-state index in [9.17, 15) is 13.2 Å². The highest BCUT2D eigenvalue weighted by Crippen LogP contribution is 2.28. The monoisotopic (exact) mass is 338 g/mol. The van der Waals surface area contributed by atoms with Crippen LogP contribution in [0.4, 0.5) is 18.9 Å². The zero-order valence-corrected chi connectivity index (χ0v) is 12.8. The van der Waals surface area contributed by atoms with E-state index in [0.29, 0.717) is 6.54 Å². The maximum absolute atomic E-state index is 12.3. The number of halogens is 3. The molecule has 0 saturated carbocycles. The molecule has 0 aliphatic carbocycles. The Bertz CT molecular complexity index is 666. The molecule has 1 aromatic heterocycles. The first kappa shape index (κ1) is 16.5. The van der Waals surface area contributed by atoms with Crippen molar-refractivity contribution in [2.75, 3.05) is 18.0 Å². The predicted octanol–water partition coefficient (Wildman–Crippen LogP) is 2.74. The number of hydrogen-bond acceptors (Lipinski definition) is 5. The summed E-state index contributed by atoms with van der Waals surface area (Å²) in [6, 6.07) is 6.34. The maximum atomic E-state index is 12.3. The molecule has 0 spiro atoms. The third-order valence-electron chi connectivity index (χ3n) is 3.81. The van der Waals surface area contributed by atoms with Gasteiger partial charge in [0.05, 0.1) is 0 Å². The Labute approximate surface area is 137 Å². The molecule has 1 N–H and O–H groups in total. The molecular weight excluding hydrogens is 321 g/mol. The minimum atomic E-state index is -4.68. The molecule has 0 amide bonds. The largest absolute Gasteiger partial charge is 0.573 e. The second-order valence-electron chi connectivity index (χ2n) is 5.60. The number of nitrogens with one attached hydrogen (secondary N) is 1. The third-order valence-corrected chi connectivity index (χ3v) is 3.81. The molecule has 128 valence electrons. The van der Waals surface area contributed by atoms with Gasteiger partial charge in [-0.05, 0) is 18.6 Å². The van der Waals surface area contributed by atoms with Crippen LogP contribution < -0.4 is 15.0 Å². The van der Waals surface area contributed by atoms with Gasteiger partial charge in [0.25, 0.3) is 0 Å². The highest BCUT2D eigenvalue weighted by Gasteiger charge is 2.31. The second kappa shape index (κ2) is 7.04. The second-order valence-corrected chi connectivity index (χ2v) is 5.60. The lowest BCUT2D eigenvalue weighted by Gasteiger charge is -2.20. The number of aromatic nitrogens is 2. The van der Waals surface area contributed by atoms with Crippen LogP contribution in [0, 0.1) is 0 Å². The lowest BCUT2D eigenvalue weighted by molar-refractivity contribution is -0.274. The van der Waals surface area contributed by atoms with Crippen molar-refractivity contribution in [3.05, 3.63) is 48.5 Å². The highest BCUT2D eigenvalue weighted by molar-refractivity contribution is 5.51. The molecule has 24 heavy (non-hydrogen) atoms. The van der Waals surface area contributed by atoms with Crippen LogP contribution in [0.15, 0.2) is 43.0 Å². The maximum Gasteiger partial charge on any atom is 0.573 e. The predicted molar refractivity (Wildman–Crippen MR) is 82.6 cm³/mol. The number of alkyl halides is 3.